The zero-order valence-electron chi connectivity index (χ0n) is 21.4. The van der Waals surface area contributed by atoms with Crippen molar-refractivity contribution < 1.29 is 13.7 Å². The van der Waals surface area contributed by atoms with E-state index in [-0.39, 0.29) is 23.0 Å². The quantitative estimate of drug-likeness (QED) is 0.411. The van der Waals surface area contributed by atoms with Gasteiger partial charge in [0, 0.05) is 39.3 Å². The number of halogens is 1. The lowest BCUT2D eigenvalue weighted by atomic mass is 9.83. The van der Waals surface area contributed by atoms with Gasteiger partial charge in [-0.15, -0.1) is 0 Å². The molecule has 1 aromatic carbocycles. The number of nitrogens with one attached hydrogen (secondary N) is 3. The van der Waals surface area contributed by atoms with Gasteiger partial charge < -0.3 is 19.8 Å². The first-order valence-electron chi connectivity index (χ1n) is 13.0. The molecule has 2 aromatic heterocycles. The van der Waals surface area contributed by atoms with E-state index in [1.165, 1.54) is 5.56 Å². The van der Waals surface area contributed by atoms with E-state index in [1.54, 1.807) is 6.26 Å². The van der Waals surface area contributed by atoms with E-state index in [9.17, 15) is 4.21 Å². The third kappa shape index (κ3) is 4.54. The van der Waals surface area contributed by atoms with Crippen LogP contribution >= 0.6 is 11.6 Å². The van der Waals surface area contributed by atoms with Crippen molar-refractivity contribution >= 4 is 32.5 Å². The molecule has 0 bridgehead atoms. The molecule has 1 aliphatic carbocycles. The molecule has 1 saturated carbocycles. The summed E-state index contributed by atoms with van der Waals surface area (Å²) in [6.45, 7) is 5.82. The number of H-pyrrole nitrogens is 1. The van der Waals surface area contributed by atoms with Crippen LogP contribution in [0.2, 0.25) is 5.02 Å². The van der Waals surface area contributed by atoms with Crippen LogP contribution < -0.4 is 10.1 Å². The molecule has 198 valence electrons. The summed E-state index contributed by atoms with van der Waals surface area (Å²) in [4.78, 5) is 12.6. The molecule has 0 amide bonds. The second-order valence-electron chi connectivity index (χ2n) is 11.2. The molecule has 5 atom stereocenters. The molecule has 8 nitrogen and oxygen atoms in total. The summed E-state index contributed by atoms with van der Waals surface area (Å²) >= 11 is 6.65. The number of hydrogen-bond donors (Lipinski definition) is 3. The maximum atomic E-state index is 12.1. The number of pyridine rings is 1. The van der Waals surface area contributed by atoms with Crippen molar-refractivity contribution in [2.75, 3.05) is 19.4 Å². The average molecular weight is 544 g/mol. The van der Waals surface area contributed by atoms with E-state index in [2.05, 4.69) is 53.4 Å². The minimum atomic E-state index is -2.46. The fourth-order valence-corrected chi connectivity index (χ4v) is 7.66. The highest BCUT2D eigenvalue weighted by molar-refractivity contribution is 7.92. The molecule has 37 heavy (non-hydrogen) atoms. The van der Waals surface area contributed by atoms with Crippen molar-refractivity contribution in [2.45, 2.75) is 68.4 Å². The number of hydrogen-bond acceptors (Lipinski definition) is 7. The zero-order chi connectivity index (χ0) is 25.9. The second kappa shape index (κ2) is 9.22. The van der Waals surface area contributed by atoms with Crippen LogP contribution in [0.25, 0.3) is 22.4 Å². The Morgan fingerprint density at radius 2 is 1.92 bits per heavy atom. The summed E-state index contributed by atoms with van der Waals surface area (Å²) < 4.78 is 32.2. The maximum absolute atomic E-state index is 12.1. The van der Waals surface area contributed by atoms with Gasteiger partial charge in [-0.3, -0.25) is 4.78 Å². The van der Waals surface area contributed by atoms with E-state index in [0.29, 0.717) is 40.8 Å². The molecule has 4 heterocycles. The Labute approximate surface area is 222 Å². The third-order valence-corrected chi connectivity index (χ3v) is 10.8. The monoisotopic (exact) mass is 543 g/mol. The molecule has 3 aromatic rings. The molecular weight excluding hydrogens is 510 g/mol. The van der Waals surface area contributed by atoms with Crippen LogP contribution in [-0.2, 0) is 14.5 Å². The predicted molar refractivity (Wildman–Crippen MR) is 146 cm³/mol. The van der Waals surface area contributed by atoms with Crippen LogP contribution in [0.1, 0.15) is 51.0 Å². The summed E-state index contributed by atoms with van der Waals surface area (Å²) in [6, 6.07) is 10.7. The van der Waals surface area contributed by atoms with Crippen LogP contribution in [-0.4, -0.2) is 61.6 Å². The van der Waals surface area contributed by atoms with Crippen LogP contribution in [0.3, 0.4) is 0 Å². The predicted octanol–water partition coefficient (Wildman–Crippen LogP) is 5.13. The Kier molecular flexibility index (Phi) is 6.25. The molecule has 3 fully saturated rings. The zero-order valence-corrected chi connectivity index (χ0v) is 23.0. The summed E-state index contributed by atoms with van der Waals surface area (Å²) in [7, 11) is -2.46. The van der Waals surface area contributed by atoms with Crippen molar-refractivity contribution in [3.63, 3.8) is 0 Å². The van der Waals surface area contributed by atoms with Crippen molar-refractivity contribution in [3.8, 4) is 17.3 Å². The summed E-state index contributed by atoms with van der Waals surface area (Å²) in [5.74, 6) is 0.854. The fraction of sp³-hybridized carbons (Fsp3) is 0.556. The maximum Gasteiger partial charge on any atom is 0.296 e. The lowest BCUT2D eigenvalue weighted by Crippen LogP contribution is -2.47. The van der Waals surface area contributed by atoms with Gasteiger partial charge in [0.25, 0.3) is 6.01 Å². The van der Waals surface area contributed by atoms with Gasteiger partial charge in [0.05, 0.1) is 28.4 Å². The molecule has 3 aliphatic rings. The first-order chi connectivity index (χ1) is 17.6. The van der Waals surface area contributed by atoms with E-state index < -0.39 is 9.73 Å². The first kappa shape index (κ1) is 25.1. The van der Waals surface area contributed by atoms with Crippen LogP contribution in [0.15, 0.2) is 30.3 Å². The molecule has 3 N–H and O–H groups in total. The van der Waals surface area contributed by atoms with Gasteiger partial charge in [-0.25, -0.2) is 9.19 Å². The number of aromatic nitrogens is 3. The summed E-state index contributed by atoms with van der Waals surface area (Å²) in [5, 5.41) is 4.14. The van der Waals surface area contributed by atoms with Crippen molar-refractivity contribution in [3.05, 3.63) is 40.9 Å². The number of benzene rings is 1. The molecule has 2 aliphatic heterocycles. The van der Waals surface area contributed by atoms with Gasteiger partial charge >= 0.3 is 0 Å². The molecule has 1 unspecified atom stereocenters. The Balaban J connectivity index is 1.18. The number of aromatic amines is 1. The van der Waals surface area contributed by atoms with E-state index in [1.807, 2.05) is 6.07 Å². The highest BCUT2D eigenvalue weighted by Crippen LogP contribution is 2.39. The van der Waals surface area contributed by atoms with Crippen LogP contribution in [0.5, 0.6) is 6.01 Å². The number of fused-ring (bicyclic) bond motifs is 2. The molecule has 0 spiro atoms. The van der Waals surface area contributed by atoms with Gasteiger partial charge in [0.1, 0.15) is 12.2 Å². The van der Waals surface area contributed by atoms with Crippen molar-refractivity contribution in [2.24, 2.45) is 5.92 Å². The van der Waals surface area contributed by atoms with Crippen molar-refractivity contribution in [1.29, 1.82) is 4.78 Å². The Bertz CT molecular complexity index is 1420. The first-order valence-corrected chi connectivity index (χ1v) is 15.4. The third-order valence-electron chi connectivity index (χ3n) is 8.80. The smallest absolute Gasteiger partial charge is 0.296 e. The number of nitrogens with zero attached hydrogens (tertiary/aromatic N) is 2. The van der Waals surface area contributed by atoms with Crippen LogP contribution in [0, 0.1) is 10.7 Å². The standard InChI is InChI=1S/C27H34ClN5O3S/c1-15-14-35-24-22(13-30-27(15,24)2)36-26-31-21-12-20(28)23(32-25(21)33-26)18-6-4-16(5-7-18)17-8-10-19(11-9-17)37(3,29)34/h4-7,12,15,17,19,22,24,29-30H,8-11,13-14H2,1-3H3,(H,31,32,33)/t15-,17?,19?,22-,24-,27-,37?/m1/s1. The molecule has 10 heteroatoms. The Hall–Kier alpha value is -2.20. The lowest BCUT2D eigenvalue weighted by Gasteiger charge is -2.28. The largest absolute Gasteiger partial charge is 0.457 e. The van der Waals surface area contributed by atoms with E-state index >= 15 is 0 Å². The average Bonchev–Trinajstić information content (AvgIpc) is 3.51. The summed E-state index contributed by atoms with van der Waals surface area (Å²) in [5.41, 5.74) is 4.09. The van der Waals surface area contributed by atoms with Gasteiger partial charge in [-0.05, 0) is 50.2 Å². The topological polar surface area (TPSA) is 113 Å². The highest BCUT2D eigenvalue weighted by Gasteiger charge is 2.54. The van der Waals surface area contributed by atoms with Gasteiger partial charge in [0.15, 0.2) is 5.65 Å². The Morgan fingerprint density at radius 1 is 1.19 bits per heavy atom. The highest BCUT2D eigenvalue weighted by atomic mass is 35.5. The Morgan fingerprint density at radius 3 is 2.62 bits per heavy atom. The second-order valence-corrected chi connectivity index (χ2v) is 14.1. The summed E-state index contributed by atoms with van der Waals surface area (Å²) in [6.07, 6.45) is 5.06. The number of imidazole rings is 1. The number of ether oxygens (including phenoxy) is 2. The van der Waals surface area contributed by atoms with Gasteiger partial charge in [0.2, 0.25) is 0 Å². The normalized spacial score (nSPS) is 33.4. The van der Waals surface area contributed by atoms with Crippen molar-refractivity contribution in [1.82, 2.24) is 20.3 Å². The molecule has 0 radical (unpaired) electrons. The number of rotatable bonds is 5. The van der Waals surface area contributed by atoms with Crippen LogP contribution in [0.4, 0.5) is 0 Å². The van der Waals surface area contributed by atoms with E-state index in [0.717, 1.165) is 43.4 Å². The molecular formula is C27H34ClN5O3S. The minimum absolute atomic E-state index is 0.0178. The SMILES string of the molecule is C[C@@H]1CO[C@@H]2[C@H](Oc3nc4nc(-c5ccc(C6CCC(S(C)(=N)=O)CC6)cc5)c(Cl)cc4[nH]3)CN[C@]12C. The fourth-order valence-electron chi connectivity index (χ4n) is 6.23. The van der Waals surface area contributed by atoms with Gasteiger partial charge in [-0.2, -0.15) is 4.98 Å². The molecule has 6 rings (SSSR count). The lowest BCUT2D eigenvalue weighted by molar-refractivity contribution is 0.0163. The minimum Gasteiger partial charge on any atom is -0.457 e. The van der Waals surface area contributed by atoms with Gasteiger partial charge in [-0.1, -0.05) is 42.8 Å². The van der Waals surface area contributed by atoms with E-state index in [4.69, 9.17) is 30.8 Å². The molecule has 2 saturated heterocycles.